The Morgan fingerprint density at radius 2 is 1.19 bits per heavy atom. The van der Waals surface area contributed by atoms with Crippen molar-refractivity contribution in [3.63, 3.8) is 0 Å². The van der Waals surface area contributed by atoms with Crippen molar-refractivity contribution >= 4 is 11.6 Å². The fourth-order valence-electron chi connectivity index (χ4n) is 2.80. The van der Waals surface area contributed by atoms with E-state index in [4.69, 9.17) is 0 Å². The lowest BCUT2D eigenvalue weighted by molar-refractivity contribution is 0.0967. The van der Waals surface area contributed by atoms with Crippen molar-refractivity contribution in [2.75, 3.05) is 0 Å². The topological polar surface area (TPSA) is 47.0 Å². The molecule has 0 atom stereocenters. The third kappa shape index (κ3) is 4.96. The first kappa shape index (κ1) is 17.7. The van der Waals surface area contributed by atoms with Crippen LogP contribution in [0.2, 0.25) is 0 Å². The molecule has 0 radical (unpaired) electrons. The summed E-state index contributed by atoms with van der Waals surface area (Å²) in [6, 6.07) is 23.2. The van der Waals surface area contributed by atoms with Gasteiger partial charge in [0.05, 0.1) is 0 Å². The zero-order chi connectivity index (χ0) is 18.2. The quantitative estimate of drug-likeness (QED) is 0.556. The SMILES string of the molecule is O=C(CCc1ccccc1)c1ccc(C(=O)CCc2ccccc2)nc1. The molecule has 26 heavy (non-hydrogen) atoms. The fraction of sp³-hybridized carbons (Fsp3) is 0.174. The van der Waals surface area contributed by atoms with Crippen LogP contribution in [0.3, 0.4) is 0 Å². The van der Waals surface area contributed by atoms with Crippen molar-refractivity contribution in [1.82, 2.24) is 4.98 Å². The first-order chi connectivity index (χ1) is 12.7. The number of ketones is 2. The van der Waals surface area contributed by atoms with Gasteiger partial charge in [0.15, 0.2) is 11.6 Å². The van der Waals surface area contributed by atoms with Crippen molar-refractivity contribution in [2.24, 2.45) is 0 Å². The summed E-state index contributed by atoms with van der Waals surface area (Å²) in [4.78, 5) is 28.7. The Morgan fingerprint density at radius 1 is 0.654 bits per heavy atom. The van der Waals surface area contributed by atoms with Crippen molar-refractivity contribution in [3.8, 4) is 0 Å². The van der Waals surface area contributed by atoms with Crippen LogP contribution in [-0.2, 0) is 12.8 Å². The zero-order valence-corrected chi connectivity index (χ0v) is 14.6. The van der Waals surface area contributed by atoms with Gasteiger partial charge in [-0.1, -0.05) is 60.7 Å². The van der Waals surface area contributed by atoms with E-state index in [1.54, 1.807) is 12.1 Å². The number of carbonyl (C=O) groups is 2. The van der Waals surface area contributed by atoms with Gasteiger partial charge in [-0.15, -0.1) is 0 Å². The van der Waals surface area contributed by atoms with Gasteiger partial charge in [-0.3, -0.25) is 14.6 Å². The molecular formula is C23H21NO2. The van der Waals surface area contributed by atoms with Crippen LogP contribution in [0.5, 0.6) is 0 Å². The summed E-state index contributed by atoms with van der Waals surface area (Å²) in [5, 5.41) is 0. The molecule has 3 nitrogen and oxygen atoms in total. The number of Topliss-reactive ketones (excluding diaryl/α,β-unsaturated/α-hetero) is 2. The molecule has 0 N–H and O–H groups in total. The smallest absolute Gasteiger partial charge is 0.181 e. The first-order valence-electron chi connectivity index (χ1n) is 8.82. The monoisotopic (exact) mass is 343 g/mol. The summed E-state index contributed by atoms with van der Waals surface area (Å²) in [6.45, 7) is 0. The number of rotatable bonds is 8. The largest absolute Gasteiger partial charge is 0.294 e. The lowest BCUT2D eigenvalue weighted by atomic mass is 10.0. The molecule has 3 heteroatoms. The van der Waals surface area contributed by atoms with E-state index in [1.807, 2.05) is 60.7 Å². The number of hydrogen-bond acceptors (Lipinski definition) is 3. The van der Waals surface area contributed by atoms with Crippen LogP contribution in [0.1, 0.15) is 44.8 Å². The Kier molecular flexibility index (Phi) is 6.05. The summed E-state index contributed by atoms with van der Waals surface area (Å²) in [5.41, 5.74) is 3.25. The number of aryl methyl sites for hydroxylation is 2. The number of aromatic nitrogens is 1. The average molecular weight is 343 g/mol. The number of nitrogens with zero attached hydrogens (tertiary/aromatic N) is 1. The number of benzene rings is 2. The van der Waals surface area contributed by atoms with E-state index in [0.717, 1.165) is 11.1 Å². The molecule has 0 unspecified atom stereocenters. The minimum Gasteiger partial charge on any atom is -0.294 e. The zero-order valence-electron chi connectivity index (χ0n) is 14.6. The summed E-state index contributed by atoms with van der Waals surface area (Å²) in [6.07, 6.45) is 3.77. The summed E-state index contributed by atoms with van der Waals surface area (Å²) in [5.74, 6) is 0.0433. The summed E-state index contributed by atoms with van der Waals surface area (Å²) < 4.78 is 0. The van der Waals surface area contributed by atoms with Gasteiger partial charge in [0.1, 0.15) is 5.69 Å². The molecule has 0 aliphatic heterocycles. The highest BCUT2D eigenvalue weighted by molar-refractivity contribution is 5.98. The highest BCUT2D eigenvalue weighted by Gasteiger charge is 2.11. The summed E-state index contributed by atoms with van der Waals surface area (Å²) >= 11 is 0. The Hall–Kier alpha value is -3.07. The Bertz CT molecular complexity index is 781. The minimum atomic E-state index is -0.00265. The molecule has 2 aromatic carbocycles. The highest BCUT2D eigenvalue weighted by atomic mass is 16.1. The van der Waals surface area contributed by atoms with Crippen molar-refractivity contribution in [3.05, 3.63) is 101 Å². The van der Waals surface area contributed by atoms with Gasteiger partial charge in [-0.25, -0.2) is 0 Å². The Morgan fingerprint density at radius 3 is 1.69 bits per heavy atom. The Balaban J connectivity index is 1.53. The van der Waals surface area contributed by atoms with Crippen molar-refractivity contribution in [2.45, 2.75) is 25.7 Å². The lowest BCUT2D eigenvalue weighted by Gasteiger charge is -2.04. The molecule has 0 spiro atoms. The maximum Gasteiger partial charge on any atom is 0.181 e. The van der Waals surface area contributed by atoms with Crippen molar-refractivity contribution in [1.29, 1.82) is 0 Å². The normalized spacial score (nSPS) is 10.5. The Labute approximate surface area is 153 Å². The van der Waals surface area contributed by atoms with E-state index >= 15 is 0 Å². The third-order valence-electron chi connectivity index (χ3n) is 4.34. The molecule has 0 fully saturated rings. The second-order valence-corrected chi connectivity index (χ2v) is 6.25. The molecule has 130 valence electrons. The van der Waals surface area contributed by atoms with Gasteiger partial charge in [0.2, 0.25) is 0 Å². The van der Waals surface area contributed by atoms with Crippen LogP contribution >= 0.6 is 0 Å². The van der Waals surface area contributed by atoms with Crippen LogP contribution in [0.4, 0.5) is 0 Å². The van der Waals surface area contributed by atoms with Crippen molar-refractivity contribution < 1.29 is 9.59 Å². The maximum absolute atomic E-state index is 12.3. The van der Waals surface area contributed by atoms with Gasteiger partial charge in [0, 0.05) is 24.6 Å². The lowest BCUT2D eigenvalue weighted by Crippen LogP contribution is -2.07. The average Bonchev–Trinajstić information content (AvgIpc) is 2.72. The molecule has 0 saturated carbocycles. The van der Waals surface area contributed by atoms with Crippen LogP contribution in [0.15, 0.2) is 79.0 Å². The molecule has 0 aliphatic rings. The molecule has 1 aromatic heterocycles. The maximum atomic E-state index is 12.3. The summed E-state index contributed by atoms with van der Waals surface area (Å²) in [7, 11) is 0. The second kappa shape index (κ2) is 8.86. The molecule has 0 saturated heterocycles. The van der Waals surface area contributed by atoms with E-state index in [0.29, 0.717) is 36.9 Å². The number of carbonyl (C=O) groups excluding carboxylic acids is 2. The molecule has 0 aliphatic carbocycles. The van der Waals surface area contributed by atoms with Gasteiger partial charge >= 0.3 is 0 Å². The molecule has 3 aromatic rings. The van der Waals surface area contributed by atoms with Gasteiger partial charge < -0.3 is 0 Å². The second-order valence-electron chi connectivity index (χ2n) is 6.25. The standard InChI is InChI=1S/C23H21NO2/c25-22(15-11-18-7-3-1-4-8-18)20-13-14-21(24-17-20)23(26)16-12-19-9-5-2-6-10-19/h1-10,13-14,17H,11-12,15-16H2. The number of pyridine rings is 1. The first-order valence-corrected chi connectivity index (χ1v) is 8.82. The van der Waals surface area contributed by atoms with E-state index in [2.05, 4.69) is 4.98 Å². The van der Waals surface area contributed by atoms with Gasteiger partial charge in [0.25, 0.3) is 0 Å². The molecule has 1 heterocycles. The molecular weight excluding hydrogens is 322 g/mol. The van der Waals surface area contributed by atoms with Crippen LogP contribution in [-0.4, -0.2) is 16.6 Å². The predicted octanol–water partition coefficient (Wildman–Crippen LogP) is 4.71. The minimum absolute atomic E-state index is 0.00265. The fourth-order valence-corrected chi connectivity index (χ4v) is 2.80. The van der Waals surface area contributed by atoms with E-state index < -0.39 is 0 Å². The van der Waals surface area contributed by atoms with E-state index in [1.165, 1.54) is 6.20 Å². The van der Waals surface area contributed by atoms with Gasteiger partial charge in [-0.05, 0) is 36.1 Å². The predicted molar refractivity (Wildman–Crippen MR) is 102 cm³/mol. The highest BCUT2D eigenvalue weighted by Crippen LogP contribution is 2.11. The van der Waals surface area contributed by atoms with E-state index in [-0.39, 0.29) is 11.6 Å². The van der Waals surface area contributed by atoms with Gasteiger partial charge in [-0.2, -0.15) is 0 Å². The number of hydrogen-bond donors (Lipinski definition) is 0. The van der Waals surface area contributed by atoms with Crippen LogP contribution in [0.25, 0.3) is 0 Å². The van der Waals surface area contributed by atoms with E-state index in [9.17, 15) is 9.59 Å². The molecule has 0 bridgehead atoms. The molecule has 3 rings (SSSR count). The van der Waals surface area contributed by atoms with Crippen LogP contribution in [0, 0.1) is 0 Å². The van der Waals surface area contributed by atoms with Crippen LogP contribution < -0.4 is 0 Å². The third-order valence-corrected chi connectivity index (χ3v) is 4.34. The molecule has 0 amide bonds.